The van der Waals surface area contributed by atoms with Crippen LogP contribution in [0.2, 0.25) is 0 Å². The zero-order valence-electron chi connectivity index (χ0n) is 10.8. The highest BCUT2D eigenvalue weighted by Crippen LogP contribution is 2.20. The van der Waals surface area contributed by atoms with Crippen LogP contribution in [0.5, 0.6) is 0 Å². The molecule has 2 aliphatic rings. The van der Waals surface area contributed by atoms with E-state index in [2.05, 4.69) is 10.5 Å². The van der Waals surface area contributed by atoms with E-state index in [1.807, 2.05) is 11.8 Å². The van der Waals surface area contributed by atoms with E-state index in [0.717, 1.165) is 12.8 Å². The second-order valence-electron chi connectivity index (χ2n) is 4.82. The number of hydrazone groups is 1. The highest BCUT2D eigenvalue weighted by molar-refractivity contribution is 6.39. The Balaban J connectivity index is 1.99. The molecule has 0 aromatic rings. The molecule has 18 heavy (non-hydrogen) atoms. The molecule has 0 aromatic carbocycles. The lowest BCUT2D eigenvalue weighted by atomic mass is 9.99. The molecule has 2 aliphatic heterocycles. The largest absolute Gasteiger partial charge is 0.381 e. The summed E-state index contributed by atoms with van der Waals surface area (Å²) in [5.74, 6) is -0.185. The summed E-state index contributed by atoms with van der Waals surface area (Å²) in [5.41, 5.74) is 2.82. The second kappa shape index (κ2) is 5.48. The quantitative estimate of drug-likeness (QED) is 0.768. The van der Waals surface area contributed by atoms with Crippen LogP contribution in [0.25, 0.3) is 0 Å². The number of nitrogens with zero attached hydrogens (tertiary/aromatic N) is 2. The molecular formula is C12H19N3O3. The Bertz CT molecular complexity index is 381. The van der Waals surface area contributed by atoms with Crippen molar-refractivity contribution in [3.63, 3.8) is 0 Å². The van der Waals surface area contributed by atoms with E-state index in [1.165, 1.54) is 0 Å². The number of likely N-dealkylation sites (tertiary alicyclic amines) is 1. The average Bonchev–Trinajstić information content (AvgIpc) is 2.38. The van der Waals surface area contributed by atoms with Crippen molar-refractivity contribution in [2.75, 3.05) is 13.7 Å². The molecule has 100 valence electrons. The number of carbonyl (C=O) groups excluding carboxylic acids is 2. The number of hydrogen-bond donors (Lipinski definition) is 1. The summed E-state index contributed by atoms with van der Waals surface area (Å²) in [6.45, 7) is 2.70. The molecule has 2 rings (SSSR count). The minimum absolute atomic E-state index is 0.0583. The molecule has 2 heterocycles. The lowest BCUT2D eigenvalue weighted by molar-refractivity contribution is -0.129. The van der Waals surface area contributed by atoms with E-state index in [4.69, 9.17) is 4.74 Å². The maximum absolute atomic E-state index is 12.3. The molecule has 0 radical (unpaired) electrons. The van der Waals surface area contributed by atoms with Crippen LogP contribution in [-0.4, -0.2) is 48.2 Å². The van der Waals surface area contributed by atoms with Gasteiger partial charge in [0.2, 0.25) is 5.91 Å². The van der Waals surface area contributed by atoms with Gasteiger partial charge in [-0.15, -0.1) is 0 Å². The molecule has 6 nitrogen and oxygen atoms in total. The van der Waals surface area contributed by atoms with Crippen LogP contribution < -0.4 is 5.43 Å². The van der Waals surface area contributed by atoms with Crippen molar-refractivity contribution < 1.29 is 14.3 Å². The standard InChI is InChI=1S/C12H19N3O3/c1-8-7-9(18-2)5-6-15(8)12(17)10-3-4-11(16)14-13-10/h8-9H,3-7H2,1-2H3,(H,14,16). The van der Waals surface area contributed by atoms with E-state index in [0.29, 0.717) is 25.1 Å². The Morgan fingerprint density at radius 1 is 1.50 bits per heavy atom. The van der Waals surface area contributed by atoms with Gasteiger partial charge in [-0.1, -0.05) is 0 Å². The van der Waals surface area contributed by atoms with Crippen LogP contribution in [0.4, 0.5) is 0 Å². The molecule has 6 heteroatoms. The lowest BCUT2D eigenvalue weighted by Crippen LogP contribution is -2.50. The van der Waals surface area contributed by atoms with Gasteiger partial charge in [0.1, 0.15) is 5.71 Å². The fourth-order valence-corrected chi connectivity index (χ4v) is 2.44. The van der Waals surface area contributed by atoms with Gasteiger partial charge in [0.05, 0.1) is 6.10 Å². The summed E-state index contributed by atoms with van der Waals surface area (Å²) >= 11 is 0. The maximum atomic E-state index is 12.3. The van der Waals surface area contributed by atoms with Gasteiger partial charge in [0.15, 0.2) is 0 Å². The van der Waals surface area contributed by atoms with Gasteiger partial charge in [0, 0.05) is 32.5 Å². The van der Waals surface area contributed by atoms with Gasteiger partial charge in [-0.05, 0) is 19.8 Å². The lowest BCUT2D eigenvalue weighted by Gasteiger charge is -2.37. The Morgan fingerprint density at radius 2 is 2.28 bits per heavy atom. The van der Waals surface area contributed by atoms with Gasteiger partial charge in [-0.25, -0.2) is 5.43 Å². The zero-order valence-corrected chi connectivity index (χ0v) is 10.8. The van der Waals surface area contributed by atoms with Crippen LogP contribution in [0.15, 0.2) is 5.10 Å². The van der Waals surface area contributed by atoms with E-state index in [9.17, 15) is 9.59 Å². The molecule has 1 N–H and O–H groups in total. The molecule has 2 atom stereocenters. The highest BCUT2D eigenvalue weighted by atomic mass is 16.5. The Kier molecular flexibility index (Phi) is 3.96. The van der Waals surface area contributed by atoms with Gasteiger partial charge in [-0.2, -0.15) is 5.10 Å². The summed E-state index contributed by atoms with van der Waals surface area (Å²) in [7, 11) is 1.70. The fraction of sp³-hybridized carbons (Fsp3) is 0.750. The molecule has 0 bridgehead atoms. The van der Waals surface area contributed by atoms with E-state index < -0.39 is 0 Å². The molecule has 0 saturated carbocycles. The van der Waals surface area contributed by atoms with Crippen molar-refractivity contribution in [2.24, 2.45) is 5.10 Å². The topological polar surface area (TPSA) is 71.0 Å². The molecular weight excluding hydrogens is 234 g/mol. The number of amides is 2. The number of carbonyl (C=O) groups is 2. The van der Waals surface area contributed by atoms with Crippen molar-refractivity contribution in [2.45, 2.75) is 44.8 Å². The van der Waals surface area contributed by atoms with Crippen LogP contribution in [-0.2, 0) is 14.3 Å². The number of hydrogen-bond acceptors (Lipinski definition) is 4. The van der Waals surface area contributed by atoms with Crippen LogP contribution in [0, 0.1) is 0 Å². The molecule has 2 unspecified atom stereocenters. The summed E-state index contributed by atoms with van der Waals surface area (Å²) < 4.78 is 5.32. The van der Waals surface area contributed by atoms with Gasteiger partial charge in [-0.3, -0.25) is 9.59 Å². The third-order valence-electron chi connectivity index (χ3n) is 3.57. The Morgan fingerprint density at radius 3 is 2.83 bits per heavy atom. The first-order chi connectivity index (χ1) is 8.61. The fourth-order valence-electron chi connectivity index (χ4n) is 2.44. The van der Waals surface area contributed by atoms with E-state index >= 15 is 0 Å². The first-order valence-electron chi connectivity index (χ1n) is 6.31. The van der Waals surface area contributed by atoms with Crippen LogP contribution >= 0.6 is 0 Å². The number of ether oxygens (including phenoxy) is 1. The summed E-state index contributed by atoms with van der Waals surface area (Å²) in [4.78, 5) is 25.1. The first kappa shape index (κ1) is 13.0. The molecule has 2 amide bonds. The smallest absolute Gasteiger partial charge is 0.270 e. The first-order valence-corrected chi connectivity index (χ1v) is 6.31. The van der Waals surface area contributed by atoms with Gasteiger partial charge < -0.3 is 9.64 Å². The Hall–Kier alpha value is -1.43. The maximum Gasteiger partial charge on any atom is 0.270 e. The molecule has 0 aliphatic carbocycles. The zero-order chi connectivity index (χ0) is 13.1. The summed E-state index contributed by atoms with van der Waals surface area (Å²) in [6.07, 6.45) is 2.71. The van der Waals surface area contributed by atoms with Crippen molar-refractivity contribution in [3.8, 4) is 0 Å². The predicted molar refractivity (Wildman–Crippen MR) is 66.0 cm³/mol. The number of piperidine rings is 1. The number of rotatable bonds is 2. The van der Waals surface area contributed by atoms with Crippen molar-refractivity contribution >= 4 is 17.5 Å². The third kappa shape index (κ3) is 2.69. The normalized spacial score (nSPS) is 28.7. The third-order valence-corrected chi connectivity index (χ3v) is 3.57. The molecule has 1 fully saturated rings. The van der Waals surface area contributed by atoms with E-state index in [-0.39, 0.29) is 24.0 Å². The molecule has 0 spiro atoms. The summed E-state index contributed by atoms with van der Waals surface area (Å²) in [5, 5.41) is 3.85. The predicted octanol–water partition coefficient (Wildman–Crippen LogP) is 0.278. The molecule has 1 saturated heterocycles. The van der Waals surface area contributed by atoms with Crippen LogP contribution in [0.3, 0.4) is 0 Å². The second-order valence-corrected chi connectivity index (χ2v) is 4.82. The van der Waals surface area contributed by atoms with Gasteiger partial charge >= 0.3 is 0 Å². The van der Waals surface area contributed by atoms with Crippen molar-refractivity contribution in [1.29, 1.82) is 0 Å². The highest BCUT2D eigenvalue weighted by Gasteiger charge is 2.31. The Labute approximate surface area is 106 Å². The minimum Gasteiger partial charge on any atom is -0.381 e. The van der Waals surface area contributed by atoms with Crippen LogP contribution in [0.1, 0.15) is 32.6 Å². The SMILES string of the molecule is COC1CCN(C(=O)C2=NNC(=O)CC2)C(C)C1. The summed E-state index contributed by atoms with van der Waals surface area (Å²) in [6, 6.07) is 0.150. The van der Waals surface area contributed by atoms with E-state index in [1.54, 1.807) is 7.11 Å². The number of methoxy groups -OCH3 is 1. The number of nitrogens with one attached hydrogen (secondary N) is 1. The monoisotopic (exact) mass is 253 g/mol. The van der Waals surface area contributed by atoms with Gasteiger partial charge in [0.25, 0.3) is 5.91 Å². The minimum atomic E-state index is -0.127. The van der Waals surface area contributed by atoms with Crippen molar-refractivity contribution in [1.82, 2.24) is 10.3 Å². The average molecular weight is 253 g/mol. The van der Waals surface area contributed by atoms with Crippen molar-refractivity contribution in [3.05, 3.63) is 0 Å². The molecule has 0 aromatic heterocycles.